The highest BCUT2D eigenvalue weighted by atomic mass is 16.4. The van der Waals surface area contributed by atoms with Crippen LogP contribution in [0.25, 0.3) is 0 Å². The Bertz CT molecular complexity index is 645. The van der Waals surface area contributed by atoms with Crippen molar-refractivity contribution in [1.82, 2.24) is 5.32 Å². The number of aromatic carboxylic acids is 1. The number of rotatable bonds is 7. The number of carboxylic acids is 1. The maximum atomic E-state index is 10.9. The Balaban J connectivity index is 1.53. The fraction of sp³-hybridized carbons (Fsp3) is 0.350. The number of carbonyl (C=O) groups is 1. The highest BCUT2D eigenvalue weighted by Gasteiger charge is 2.36. The topological polar surface area (TPSA) is 49.3 Å². The molecule has 0 saturated heterocycles. The largest absolute Gasteiger partial charge is 0.478 e. The van der Waals surface area contributed by atoms with Crippen LogP contribution >= 0.6 is 0 Å². The SMILES string of the molecule is O=C(O)c1ccc(CNCC2(Cc3ccccc3)CCC2)cc1. The van der Waals surface area contributed by atoms with Gasteiger partial charge in [-0.05, 0) is 47.9 Å². The molecule has 120 valence electrons. The molecule has 0 spiro atoms. The van der Waals surface area contributed by atoms with Gasteiger partial charge in [0.15, 0.2) is 0 Å². The maximum absolute atomic E-state index is 10.9. The van der Waals surface area contributed by atoms with Gasteiger partial charge in [0.25, 0.3) is 0 Å². The fourth-order valence-electron chi connectivity index (χ4n) is 3.36. The zero-order chi connectivity index (χ0) is 16.1. The van der Waals surface area contributed by atoms with Gasteiger partial charge in [-0.2, -0.15) is 0 Å². The third kappa shape index (κ3) is 3.99. The summed E-state index contributed by atoms with van der Waals surface area (Å²) < 4.78 is 0. The lowest BCUT2D eigenvalue weighted by Crippen LogP contribution is -2.41. The minimum Gasteiger partial charge on any atom is -0.478 e. The van der Waals surface area contributed by atoms with Crippen molar-refractivity contribution in [2.24, 2.45) is 5.41 Å². The maximum Gasteiger partial charge on any atom is 0.335 e. The average molecular weight is 309 g/mol. The predicted octanol–water partition coefficient (Wildman–Crippen LogP) is 3.89. The van der Waals surface area contributed by atoms with Gasteiger partial charge in [0, 0.05) is 13.1 Å². The standard InChI is InChI=1S/C20H23NO2/c22-19(23)18-9-7-17(8-10-18)14-21-15-20(11-4-12-20)13-16-5-2-1-3-6-16/h1-3,5-10,21H,4,11-15H2,(H,22,23). The first-order chi connectivity index (χ1) is 11.2. The van der Waals surface area contributed by atoms with Crippen molar-refractivity contribution in [3.05, 3.63) is 71.3 Å². The van der Waals surface area contributed by atoms with Crippen LogP contribution in [0.15, 0.2) is 54.6 Å². The van der Waals surface area contributed by atoms with E-state index in [0.29, 0.717) is 11.0 Å². The lowest BCUT2D eigenvalue weighted by molar-refractivity contribution is 0.0697. The molecule has 0 amide bonds. The summed E-state index contributed by atoms with van der Waals surface area (Å²) in [6, 6.07) is 17.8. The minimum atomic E-state index is -0.874. The van der Waals surface area contributed by atoms with E-state index in [2.05, 4.69) is 35.6 Å². The van der Waals surface area contributed by atoms with Gasteiger partial charge >= 0.3 is 5.97 Å². The van der Waals surface area contributed by atoms with Crippen LogP contribution in [0.1, 0.15) is 40.7 Å². The van der Waals surface area contributed by atoms with Crippen molar-refractivity contribution in [3.63, 3.8) is 0 Å². The molecule has 2 aromatic carbocycles. The van der Waals surface area contributed by atoms with Crippen LogP contribution in [0.5, 0.6) is 0 Å². The van der Waals surface area contributed by atoms with E-state index in [1.54, 1.807) is 12.1 Å². The van der Waals surface area contributed by atoms with Gasteiger partial charge in [-0.15, -0.1) is 0 Å². The predicted molar refractivity (Wildman–Crippen MR) is 91.5 cm³/mol. The summed E-state index contributed by atoms with van der Waals surface area (Å²) in [5.74, 6) is -0.874. The molecule has 23 heavy (non-hydrogen) atoms. The van der Waals surface area contributed by atoms with E-state index >= 15 is 0 Å². The first-order valence-electron chi connectivity index (χ1n) is 8.24. The fourth-order valence-corrected chi connectivity index (χ4v) is 3.36. The third-order valence-corrected chi connectivity index (χ3v) is 4.87. The summed E-state index contributed by atoms with van der Waals surface area (Å²) >= 11 is 0. The number of benzene rings is 2. The number of hydrogen-bond donors (Lipinski definition) is 2. The zero-order valence-corrected chi connectivity index (χ0v) is 13.3. The summed E-state index contributed by atoms with van der Waals surface area (Å²) in [7, 11) is 0. The van der Waals surface area contributed by atoms with E-state index in [1.807, 2.05) is 12.1 Å². The van der Waals surface area contributed by atoms with Crippen molar-refractivity contribution in [2.75, 3.05) is 6.54 Å². The summed E-state index contributed by atoms with van der Waals surface area (Å²) in [4.78, 5) is 10.9. The first kappa shape index (κ1) is 15.8. The molecule has 0 bridgehead atoms. The van der Waals surface area contributed by atoms with Crippen LogP contribution in [0.4, 0.5) is 0 Å². The molecule has 0 unspecified atom stereocenters. The molecule has 0 aromatic heterocycles. The summed E-state index contributed by atoms with van der Waals surface area (Å²) in [5, 5.41) is 12.5. The van der Waals surface area contributed by atoms with E-state index in [4.69, 9.17) is 5.11 Å². The van der Waals surface area contributed by atoms with Gasteiger partial charge in [-0.25, -0.2) is 4.79 Å². The second-order valence-electron chi connectivity index (χ2n) is 6.62. The highest BCUT2D eigenvalue weighted by Crippen LogP contribution is 2.43. The van der Waals surface area contributed by atoms with Crippen LogP contribution in [-0.2, 0) is 13.0 Å². The Hall–Kier alpha value is -2.13. The second kappa shape index (κ2) is 6.97. The highest BCUT2D eigenvalue weighted by molar-refractivity contribution is 5.87. The Morgan fingerprint density at radius 3 is 2.26 bits per heavy atom. The molecule has 1 aliphatic carbocycles. The van der Waals surface area contributed by atoms with Crippen LogP contribution < -0.4 is 5.32 Å². The zero-order valence-electron chi connectivity index (χ0n) is 13.3. The molecule has 0 atom stereocenters. The molecule has 3 rings (SSSR count). The number of carboxylic acid groups (broad SMARTS) is 1. The summed E-state index contributed by atoms with van der Waals surface area (Å²) in [6.45, 7) is 1.80. The van der Waals surface area contributed by atoms with Gasteiger partial charge in [-0.3, -0.25) is 0 Å². The van der Waals surface area contributed by atoms with E-state index < -0.39 is 5.97 Å². The first-order valence-corrected chi connectivity index (χ1v) is 8.24. The second-order valence-corrected chi connectivity index (χ2v) is 6.62. The molecule has 1 saturated carbocycles. The van der Waals surface area contributed by atoms with Crippen LogP contribution in [0, 0.1) is 5.41 Å². The van der Waals surface area contributed by atoms with Crippen LogP contribution in [0.3, 0.4) is 0 Å². The Morgan fingerprint density at radius 1 is 1.00 bits per heavy atom. The Labute approximate surface area is 137 Å². The molecule has 3 heteroatoms. The normalized spacial score (nSPS) is 15.8. The van der Waals surface area contributed by atoms with Gasteiger partial charge in [-0.1, -0.05) is 48.9 Å². The molecule has 0 aliphatic heterocycles. The van der Waals surface area contributed by atoms with E-state index in [9.17, 15) is 4.79 Å². The molecule has 0 radical (unpaired) electrons. The van der Waals surface area contributed by atoms with Crippen LogP contribution in [-0.4, -0.2) is 17.6 Å². The molecular weight excluding hydrogens is 286 g/mol. The monoisotopic (exact) mass is 309 g/mol. The Kier molecular flexibility index (Phi) is 4.77. The summed E-state index contributed by atoms with van der Waals surface area (Å²) in [5.41, 5.74) is 3.28. The van der Waals surface area contributed by atoms with Crippen LogP contribution in [0.2, 0.25) is 0 Å². The molecule has 2 N–H and O–H groups in total. The quantitative estimate of drug-likeness (QED) is 0.816. The van der Waals surface area contributed by atoms with Gasteiger partial charge in [0.1, 0.15) is 0 Å². The number of hydrogen-bond acceptors (Lipinski definition) is 2. The molecular formula is C20H23NO2. The van der Waals surface area contributed by atoms with Gasteiger partial charge in [0.05, 0.1) is 5.56 Å². The number of nitrogens with one attached hydrogen (secondary N) is 1. The lowest BCUT2D eigenvalue weighted by atomic mass is 9.65. The van der Waals surface area contributed by atoms with E-state index in [1.165, 1.54) is 24.8 Å². The molecule has 0 heterocycles. The smallest absolute Gasteiger partial charge is 0.335 e. The molecule has 1 fully saturated rings. The van der Waals surface area contributed by atoms with Gasteiger partial charge in [0.2, 0.25) is 0 Å². The van der Waals surface area contributed by atoms with E-state index in [0.717, 1.165) is 25.1 Å². The third-order valence-electron chi connectivity index (χ3n) is 4.87. The average Bonchev–Trinajstić information content (AvgIpc) is 2.54. The molecule has 2 aromatic rings. The van der Waals surface area contributed by atoms with Crippen molar-refractivity contribution >= 4 is 5.97 Å². The van der Waals surface area contributed by atoms with Crippen molar-refractivity contribution < 1.29 is 9.90 Å². The lowest BCUT2D eigenvalue weighted by Gasteiger charge is -2.42. The Morgan fingerprint density at radius 2 is 1.70 bits per heavy atom. The van der Waals surface area contributed by atoms with Crippen molar-refractivity contribution in [1.29, 1.82) is 0 Å². The molecule has 1 aliphatic rings. The minimum absolute atomic E-state index is 0.341. The summed E-state index contributed by atoms with van der Waals surface area (Å²) in [6.07, 6.45) is 5.03. The van der Waals surface area contributed by atoms with E-state index in [-0.39, 0.29) is 0 Å². The van der Waals surface area contributed by atoms with Crippen molar-refractivity contribution in [3.8, 4) is 0 Å². The van der Waals surface area contributed by atoms with Gasteiger partial charge < -0.3 is 10.4 Å². The van der Waals surface area contributed by atoms with Crippen molar-refractivity contribution in [2.45, 2.75) is 32.2 Å². The molecule has 3 nitrogen and oxygen atoms in total.